The van der Waals surface area contributed by atoms with E-state index in [4.69, 9.17) is 0 Å². The van der Waals surface area contributed by atoms with Gasteiger partial charge >= 0.3 is 0 Å². The van der Waals surface area contributed by atoms with Gasteiger partial charge in [0.05, 0.1) is 16.9 Å². The van der Waals surface area contributed by atoms with Crippen molar-refractivity contribution in [3.05, 3.63) is 70.7 Å². The molecular weight excluding hydrogens is 361 g/mol. The van der Waals surface area contributed by atoms with Gasteiger partial charge in [-0.2, -0.15) is 0 Å². The molecule has 3 N–H and O–H groups in total. The monoisotopic (exact) mass is 377 g/mol. The van der Waals surface area contributed by atoms with E-state index in [-0.39, 0.29) is 29.2 Å². The summed E-state index contributed by atoms with van der Waals surface area (Å²) in [7, 11) is 0. The van der Waals surface area contributed by atoms with E-state index in [0.717, 1.165) is 6.29 Å². The third kappa shape index (κ3) is 3.07. The maximum atomic E-state index is 14.3. The Labute approximate surface area is 160 Å². The number of hydrogen-bond donors (Lipinski definition) is 3. The van der Waals surface area contributed by atoms with Crippen molar-refractivity contribution in [3.63, 3.8) is 0 Å². The first kappa shape index (κ1) is 17.7. The zero-order valence-corrected chi connectivity index (χ0v) is 14.9. The Bertz CT molecular complexity index is 1130. The highest BCUT2D eigenvalue weighted by Crippen LogP contribution is 2.35. The number of nitrogens with zero attached hydrogens (tertiary/aromatic N) is 1. The molecule has 140 valence electrons. The first-order valence-corrected chi connectivity index (χ1v) is 8.59. The molecule has 28 heavy (non-hydrogen) atoms. The molecule has 3 aromatic rings. The van der Waals surface area contributed by atoms with Crippen LogP contribution in [0.4, 0.5) is 27.3 Å². The normalized spacial score (nSPS) is 12.4. The summed E-state index contributed by atoms with van der Waals surface area (Å²) < 4.78 is 14.3. The Kier molecular flexibility index (Phi) is 4.27. The van der Waals surface area contributed by atoms with E-state index in [1.807, 2.05) is 0 Å². The standard InChI is InChI=1S/C21H16FN3O3/c1-11-6-14(22)17(9-18(11)27)24-16-4-5-23-21-20(16)19(28)8-13-7-12(10-26)2-3-15(13)25-21/h2-7,9-10,27H,8H2,1H3,(H2,23,24,25). The highest BCUT2D eigenvalue weighted by molar-refractivity contribution is 6.09. The number of aromatic nitrogens is 1. The number of anilines is 4. The number of carbonyl (C=O) groups is 2. The van der Waals surface area contributed by atoms with Crippen molar-refractivity contribution in [2.24, 2.45) is 0 Å². The average molecular weight is 377 g/mol. The lowest BCUT2D eigenvalue weighted by Gasteiger charge is -2.14. The number of Topliss-reactive ketones (excluding diaryl/α,β-unsaturated/α-hetero) is 1. The summed E-state index contributed by atoms with van der Waals surface area (Å²) in [6, 6.07) is 9.10. The third-order valence-corrected chi connectivity index (χ3v) is 4.65. The zero-order chi connectivity index (χ0) is 19.8. The predicted octanol–water partition coefficient (Wildman–Crippen LogP) is 4.27. The molecule has 0 radical (unpaired) electrons. The molecule has 1 aliphatic rings. The van der Waals surface area contributed by atoms with Crippen LogP contribution in [-0.4, -0.2) is 22.2 Å². The number of pyridine rings is 1. The number of carbonyl (C=O) groups excluding carboxylic acids is 2. The summed E-state index contributed by atoms with van der Waals surface area (Å²) in [6.07, 6.45) is 2.29. The number of halogens is 1. The minimum absolute atomic E-state index is 0.0503. The van der Waals surface area contributed by atoms with Gasteiger partial charge in [-0.05, 0) is 48.4 Å². The Hall–Kier alpha value is -3.74. The highest BCUT2D eigenvalue weighted by Gasteiger charge is 2.24. The van der Waals surface area contributed by atoms with Gasteiger partial charge in [0.15, 0.2) is 5.78 Å². The number of fused-ring (bicyclic) bond motifs is 2. The van der Waals surface area contributed by atoms with E-state index in [9.17, 15) is 19.1 Å². The number of nitrogens with one attached hydrogen (secondary N) is 2. The number of ketones is 1. The van der Waals surface area contributed by atoms with Gasteiger partial charge in [0.25, 0.3) is 0 Å². The molecule has 1 aromatic heterocycles. The van der Waals surface area contributed by atoms with Crippen LogP contribution in [0.3, 0.4) is 0 Å². The van der Waals surface area contributed by atoms with Crippen LogP contribution in [0.2, 0.25) is 0 Å². The highest BCUT2D eigenvalue weighted by atomic mass is 19.1. The van der Waals surface area contributed by atoms with Crippen LogP contribution in [0.15, 0.2) is 42.6 Å². The summed E-state index contributed by atoms with van der Waals surface area (Å²) in [6.45, 7) is 1.60. The first-order valence-electron chi connectivity index (χ1n) is 8.59. The Morgan fingerprint density at radius 1 is 1.21 bits per heavy atom. The molecule has 0 amide bonds. The summed E-state index contributed by atoms with van der Waals surface area (Å²) >= 11 is 0. The Morgan fingerprint density at radius 3 is 2.82 bits per heavy atom. The largest absolute Gasteiger partial charge is 0.508 e. The van der Waals surface area contributed by atoms with Crippen molar-refractivity contribution < 1.29 is 19.1 Å². The molecule has 0 saturated heterocycles. The first-order chi connectivity index (χ1) is 13.5. The minimum atomic E-state index is -0.547. The number of aryl methyl sites for hydroxylation is 1. The van der Waals surface area contributed by atoms with E-state index in [1.165, 1.54) is 18.3 Å². The lowest BCUT2D eigenvalue weighted by atomic mass is 10.0. The molecule has 1 aliphatic heterocycles. The molecular formula is C21H16FN3O3. The van der Waals surface area contributed by atoms with Crippen molar-refractivity contribution in [1.82, 2.24) is 4.98 Å². The van der Waals surface area contributed by atoms with Crippen molar-refractivity contribution >= 4 is 34.9 Å². The lowest BCUT2D eigenvalue weighted by Crippen LogP contribution is -2.08. The van der Waals surface area contributed by atoms with Crippen LogP contribution in [-0.2, 0) is 6.42 Å². The zero-order valence-electron chi connectivity index (χ0n) is 14.9. The molecule has 6 nitrogen and oxygen atoms in total. The SMILES string of the molecule is Cc1cc(F)c(Nc2ccnc3c2C(=O)Cc2cc(C=O)ccc2N3)cc1O. The van der Waals surface area contributed by atoms with Crippen molar-refractivity contribution in [1.29, 1.82) is 0 Å². The fourth-order valence-electron chi connectivity index (χ4n) is 3.19. The van der Waals surface area contributed by atoms with Gasteiger partial charge in [0.1, 0.15) is 23.7 Å². The van der Waals surface area contributed by atoms with E-state index in [2.05, 4.69) is 15.6 Å². The number of phenolic OH excluding ortho intramolecular Hbond substituents is 1. The summed E-state index contributed by atoms with van der Waals surface area (Å²) in [5, 5.41) is 15.9. The van der Waals surface area contributed by atoms with E-state index in [1.54, 1.807) is 31.2 Å². The fourth-order valence-corrected chi connectivity index (χ4v) is 3.19. The molecule has 2 heterocycles. The van der Waals surface area contributed by atoms with E-state index < -0.39 is 5.82 Å². The molecule has 0 spiro atoms. The number of benzene rings is 2. The van der Waals surface area contributed by atoms with Gasteiger partial charge in [0.2, 0.25) is 0 Å². The van der Waals surface area contributed by atoms with Crippen LogP contribution in [0.25, 0.3) is 0 Å². The van der Waals surface area contributed by atoms with Gasteiger partial charge in [0, 0.05) is 29.9 Å². The van der Waals surface area contributed by atoms with Crippen LogP contribution >= 0.6 is 0 Å². The quantitative estimate of drug-likeness (QED) is 0.591. The van der Waals surface area contributed by atoms with Crippen LogP contribution in [0, 0.1) is 12.7 Å². The number of aldehydes is 1. The molecule has 0 saturated carbocycles. The topological polar surface area (TPSA) is 91.3 Å². The molecule has 0 unspecified atom stereocenters. The van der Waals surface area contributed by atoms with Gasteiger partial charge < -0.3 is 15.7 Å². The molecule has 0 fully saturated rings. The molecule has 0 aliphatic carbocycles. The van der Waals surface area contributed by atoms with Crippen molar-refractivity contribution in [2.45, 2.75) is 13.3 Å². The van der Waals surface area contributed by atoms with Crippen molar-refractivity contribution in [2.75, 3.05) is 10.6 Å². The average Bonchev–Trinajstić information content (AvgIpc) is 2.81. The molecule has 0 atom stereocenters. The molecule has 0 bridgehead atoms. The number of hydrogen-bond acceptors (Lipinski definition) is 6. The second kappa shape index (κ2) is 6.77. The number of aromatic hydroxyl groups is 1. The summed E-state index contributed by atoms with van der Waals surface area (Å²) in [4.78, 5) is 28.2. The fraction of sp³-hybridized carbons (Fsp3) is 0.0952. The molecule has 4 rings (SSSR count). The Morgan fingerprint density at radius 2 is 2.04 bits per heavy atom. The second-order valence-corrected chi connectivity index (χ2v) is 6.59. The van der Waals surface area contributed by atoms with Crippen molar-refractivity contribution in [3.8, 4) is 5.75 Å². The minimum Gasteiger partial charge on any atom is -0.508 e. The smallest absolute Gasteiger partial charge is 0.173 e. The van der Waals surface area contributed by atoms with Gasteiger partial charge in [-0.3, -0.25) is 9.59 Å². The van der Waals surface area contributed by atoms with E-state index in [0.29, 0.717) is 33.9 Å². The van der Waals surface area contributed by atoms with Crippen LogP contribution in [0.1, 0.15) is 31.8 Å². The molecule has 7 heteroatoms. The van der Waals surface area contributed by atoms with Gasteiger partial charge in [-0.15, -0.1) is 0 Å². The predicted molar refractivity (Wildman–Crippen MR) is 103 cm³/mol. The maximum absolute atomic E-state index is 14.3. The van der Waals surface area contributed by atoms with Crippen LogP contribution in [0.5, 0.6) is 5.75 Å². The lowest BCUT2D eigenvalue weighted by molar-refractivity contribution is 0.0994. The van der Waals surface area contributed by atoms with Gasteiger partial charge in [-0.1, -0.05) is 0 Å². The molecule has 2 aromatic carbocycles. The summed E-state index contributed by atoms with van der Waals surface area (Å²) in [5.74, 6) is -0.489. The van der Waals surface area contributed by atoms with Gasteiger partial charge in [-0.25, -0.2) is 9.37 Å². The summed E-state index contributed by atoms with van der Waals surface area (Å²) in [5.41, 5.74) is 2.95. The second-order valence-electron chi connectivity index (χ2n) is 6.59. The van der Waals surface area contributed by atoms with E-state index >= 15 is 0 Å². The number of phenols is 1. The number of rotatable bonds is 3. The van der Waals surface area contributed by atoms with Crippen LogP contribution < -0.4 is 10.6 Å². The Balaban J connectivity index is 1.77. The maximum Gasteiger partial charge on any atom is 0.173 e. The third-order valence-electron chi connectivity index (χ3n) is 4.65.